The van der Waals surface area contributed by atoms with Crippen LogP contribution in [0.2, 0.25) is 10.0 Å². The number of halogens is 2. The molecule has 35 heavy (non-hydrogen) atoms. The third-order valence-corrected chi connectivity index (χ3v) is 8.21. The summed E-state index contributed by atoms with van der Waals surface area (Å²) in [6.07, 6.45) is 0. The maximum atomic E-state index is 13.4. The first-order valence-electron chi connectivity index (χ1n) is 10.8. The van der Waals surface area contributed by atoms with Gasteiger partial charge in [0.15, 0.2) is 0 Å². The van der Waals surface area contributed by atoms with E-state index in [-0.39, 0.29) is 25.9 Å². The standard InChI is InChI=1S/C26H26Cl2N2O4S/c1-17(26(2,3)4)30(25(32)19-13-14-22(27)23(28)16-19)29-24(31)18-9-8-12-21(15-18)35(33,34)20-10-6-5-7-11-20/h5-17H,1-4H3,(H,29,31). The number of benzene rings is 3. The van der Waals surface area contributed by atoms with E-state index in [0.717, 1.165) is 0 Å². The highest BCUT2D eigenvalue weighted by molar-refractivity contribution is 7.91. The van der Waals surface area contributed by atoms with E-state index in [1.807, 2.05) is 27.7 Å². The van der Waals surface area contributed by atoms with Crippen molar-refractivity contribution in [2.75, 3.05) is 0 Å². The molecule has 1 atom stereocenters. The highest BCUT2D eigenvalue weighted by atomic mass is 35.5. The van der Waals surface area contributed by atoms with Crippen molar-refractivity contribution in [3.63, 3.8) is 0 Å². The average Bonchev–Trinajstić information content (AvgIpc) is 2.83. The second kappa shape index (κ2) is 10.4. The number of amides is 2. The van der Waals surface area contributed by atoms with Crippen LogP contribution in [0.5, 0.6) is 0 Å². The van der Waals surface area contributed by atoms with E-state index in [4.69, 9.17) is 23.2 Å². The minimum atomic E-state index is -3.82. The van der Waals surface area contributed by atoms with Crippen LogP contribution < -0.4 is 5.43 Å². The first-order valence-corrected chi connectivity index (χ1v) is 13.1. The van der Waals surface area contributed by atoms with E-state index in [1.54, 1.807) is 18.2 Å². The van der Waals surface area contributed by atoms with Crippen LogP contribution in [0, 0.1) is 5.41 Å². The molecule has 0 aliphatic heterocycles. The summed E-state index contributed by atoms with van der Waals surface area (Å²) in [6, 6.07) is 17.7. The summed E-state index contributed by atoms with van der Waals surface area (Å²) in [6.45, 7) is 7.62. The van der Waals surface area contributed by atoms with Gasteiger partial charge in [-0.2, -0.15) is 0 Å². The molecule has 9 heteroatoms. The molecule has 0 saturated carbocycles. The topological polar surface area (TPSA) is 83.6 Å². The van der Waals surface area contributed by atoms with E-state index >= 15 is 0 Å². The molecule has 0 aliphatic rings. The first kappa shape index (κ1) is 26.7. The van der Waals surface area contributed by atoms with E-state index in [0.29, 0.717) is 5.02 Å². The van der Waals surface area contributed by atoms with Crippen LogP contribution in [0.15, 0.2) is 82.6 Å². The zero-order chi connectivity index (χ0) is 26.0. The number of carbonyl (C=O) groups excluding carboxylic acids is 2. The minimum absolute atomic E-state index is 0.0254. The highest BCUT2D eigenvalue weighted by Crippen LogP contribution is 2.27. The van der Waals surface area contributed by atoms with Crippen molar-refractivity contribution in [1.82, 2.24) is 10.4 Å². The summed E-state index contributed by atoms with van der Waals surface area (Å²) in [5, 5.41) is 1.76. The largest absolute Gasteiger partial charge is 0.272 e. The SMILES string of the molecule is CC(N(NC(=O)c1cccc(S(=O)(=O)c2ccccc2)c1)C(=O)c1ccc(Cl)c(Cl)c1)C(C)(C)C. The van der Waals surface area contributed by atoms with Gasteiger partial charge in [-0.25, -0.2) is 13.4 Å². The van der Waals surface area contributed by atoms with Crippen molar-refractivity contribution in [1.29, 1.82) is 0 Å². The van der Waals surface area contributed by atoms with E-state index in [1.165, 1.54) is 59.6 Å². The number of nitrogens with one attached hydrogen (secondary N) is 1. The molecule has 6 nitrogen and oxygen atoms in total. The summed E-state index contributed by atoms with van der Waals surface area (Å²) in [7, 11) is -3.82. The lowest BCUT2D eigenvalue weighted by Gasteiger charge is -2.37. The van der Waals surface area contributed by atoms with Crippen molar-refractivity contribution >= 4 is 44.9 Å². The van der Waals surface area contributed by atoms with Gasteiger partial charge in [0.05, 0.1) is 25.9 Å². The van der Waals surface area contributed by atoms with Crippen LogP contribution >= 0.6 is 23.2 Å². The van der Waals surface area contributed by atoms with Crippen molar-refractivity contribution in [3.05, 3.63) is 94.0 Å². The second-order valence-electron chi connectivity index (χ2n) is 9.13. The molecular weight excluding hydrogens is 507 g/mol. The Bertz CT molecular complexity index is 1350. The molecule has 0 fully saturated rings. The summed E-state index contributed by atoms with van der Waals surface area (Å²) in [5.41, 5.74) is 2.61. The van der Waals surface area contributed by atoms with Crippen LogP contribution in [0.4, 0.5) is 0 Å². The van der Waals surface area contributed by atoms with Crippen LogP contribution in [-0.2, 0) is 9.84 Å². The highest BCUT2D eigenvalue weighted by Gasteiger charge is 2.32. The molecule has 3 aromatic carbocycles. The minimum Gasteiger partial charge on any atom is -0.267 e. The van der Waals surface area contributed by atoms with Gasteiger partial charge >= 0.3 is 0 Å². The van der Waals surface area contributed by atoms with Gasteiger partial charge in [0.2, 0.25) is 9.84 Å². The van der Waals surface area contributed by atoms with Crippen molar-refractivity contribution in [3.8, 4) is 0 Å². The number of hydrogen-bond donors (Lipinski definition) is 1. The third kappa shape index (κ3) is 6.04. The zero-order valence-electron chi connectivity index (χ0n) is 19.7. The number of hydrazine groups is 1. The summed E-state index contributed by atoms with van der Waals surface area (Å²) in [5.74, 6) is -1.10. The van der Waals surface area contributed by atoms with Crippen LogP contribution in [-0.4, -0.2) is 31.3 Å². The lowest BCUT2D eigenvalue weighted by molar-refractivity contribution is 0.0337. The fraction of sp³-hybridized carbons (Fsp3) is 0.231. The van der Waals surface area contributed by atoms with E-state index in [9.17, 15) is 18.0 Å². The van der Waals surface area contributed by atoms with Gasteiger partial charge in [0, 0.05) is 11.1 Å². The Balaban J connectivity index is 1.95. The first-order chi connectivity index (χ1) is 16.3. The molecule has 1 unspecified atom stereocenters. The average molecular weight is 533 g/mol. The number of carbonyl (C=O) groups is 2. The lowest BCUT2D eigenvalue weighted by atomic mass is 9.87. The van der Waals surface area contributed by atoms with Crippen molar-refractivity contribution in [2.45, 2.75) is 43.5 Å². The maximum Gasteiger partial charge on any atom is 0.272 e. The third-order valence-electron chi connectivity index (χ3n) is 5.71. The Morgan fingerprint density at radius 1 is 0.829 bits per heavy atom. The molecule has 0 bridgehead atoms. The Morgan fingerprint density at radius 3 is 2.06 bits per heavy atom. The fourth-order valence-electron chi connectivity index (χ4n) is 3.19. The molecule has 0 aliphatic carbocycles. The fourth-order valence-corrected chi connectivity index (χ4v) is 4.82. The quantitative estimate of drug-likeness (QED) is 0.405. The van der Waals surface area contributed by atoms with E-state index in [2.05, 4.69) is 5.43 Å². The normalized spacial score (nSPS) is 12.6. The van der Waals surface area contributed by atoms with Crippen molar-refractivity contribution < 1.29 is 18.0 Å². The van der Waals surface area contributed by atoms with Gasteiger partial charge in [-0.1, -0.05) is 68.2 Å². The predicted octanol–water partition coefficient (Wildman–Crippen LogP) is 6.05. The Hall–Kier alpha value is -2.87. The summed E-state index contributed by atoms with van der Waals surface area (Å²) < 4.78 is 26.0. The van der Waals surface area contributed by atoms with Gasteiger partial charge in [-0.15, -0.1) is 0 Å². The number of sulfone groups is 1. The smallest absolute Gasteiger partial charge is 0.267 e. The summed E-state index contributed by atoms with van der Waals surface area (Å²) in [4.78, 5) is 26.7. The van der Waals surface area contributed by atoms with Crippen LogP contribution in [0.3, 0.4) is 0 Å². The van der Waals surface area contributed by atoms with E-state index < -0.39 is 33.1 Å². The van der Waals surface area contributed by atoms with Crippen molar-refractivity contribution in [2.24, 2.45) is 5.41 Å². The molecule has 1 N–H and O–H groups in total. The summed E-state index contributed by atoms with van der Waals surface area (Å²) >= 11 is 12.1. The van der Waals surface area contributed by atoms with Gasteiger partial charge in [0.1, 0.15) is 0 Å². The van der Waals surface area contributed by atoms with Gasteiger partial charge in [-0.05, 0) is 60.9 Å². The predicted molar refractivity (Wildman–Crippen MR) is 137 cm³/mol. The molecule has 0 radical (unpaired) electrons. The van der Waals surface area contributed by atoms with Gasteiger partial charge < -0.3 is 0 Å². The molecule has 184 valence electrons. The molecule has 0 aromatic heterocycles. The Morgan fingerprint density at radius 2 is 1.46 bits per heavy atom. The molecule has 3 rings (SSSR count). The molecule has 2 amide bonds. The number of rotatable bonds is 5. The van der Waals surface area contributed by atoms with Crippen LogP contribution in [0.1, 0.15) is 48.4 Å². The Labute approximate surface area is 215 Å². The van der Waals surface area contributed by atoms with Gasteiger partial charge in [0.25, 0.3) is 11.8 Å². The molecule has 0 spiro atoms. The number of nitrogens with zero attached hydrogens (tertiary/aromatic N) is 1. The molecule has 0 saturated heterocycles. The lowest BCUT2D eigenvalue weighted by Crippen LogP contribution is -2.55. The second-order valence-corrected chi connectivity index (χ2v) is 11.9. The maximum absolute atomic E-state index is 13.4. The van der Waals surface area contributed by atoms with Crippen LogP contribution in [0.25, 0.3) is 0 Å². The molecular formula is C26H26Cl2N2O4S. The monoisotopic (exact) mass is 532 g/mol. The van der Waals surface area contributed by atoms with Gasteiger partial charge in [-0.3, -0.25) is 15.0 Å². The molecule has 0 heterocycles. The number of hydrogen-bond acceptors (Lipinski definition) is 4. The zero-order valence-corrected chi connectivity index (χ0v) is 22.1. The Kier molecular flexibility index (Phi) is 7.94. The molecule has 3 aromatic rings.